The van der Waals surface area contributed by atoms with Crippen LogP contribution in [0.4, 0.5) is 0 Å². The molecule has 2 heterocycles. The largest absolute Gasteiger partial charge is 0.497 e. The van der Waals surface area contributed by atoms with Gasteiger partial charge >= 0.3 is 0 Å². The molecule has 2 saturated heterocycles. The van der Waals surface area contributed by atoms with Crippen LogP contribution < -0.4 is 15.2 Å². The van der Waals surface area contributed by atoms with E-state index in [1.165, 1.54) is 0 Å². The summed E-state index contributed by atoms with van der Waals surface area (Å²) in [6.45, 7) is 5.44. The second-order valence-electron chi connectivity index (χ2n) is 8.19. The predicted molar refractivity (Wildman–Crippen MR) is 114 cm³/mol. The minimum absolute atomic E-state index is 0. The van der Waals surface area contributed by atoms with Crippen molar-refractivity contribution < 1.29 is 19.1 Å². The number of methoxy groups -OCH3 is 2. The van der Waals surface area contributed by atoms with E-state index >= 15 is 0 Å². The van der Waals surface area contributed by atoms with Crippen molar-refractivity contribution in [1.82, 2.24) is 9.80 Å². The van der Waals surface area contributed by atoms with Crippen LogP contribution in [0.3, 0.4) is 0 Å². The number of amides is 2. The van der Waals surface area contributed by atoms with Gasteiger partial charge in [0.2, 0.25) is 5.91 Å². The third kappa shape index (κ3) is 5.14. The standard InChI is InChI=1S/C21H31N3O4.ClH/c1-21(13-22)6-9-24(14-21)19(25)15-4-7-23(8-5-15)20(26)16-10-17(27-2)12-18(11-16)28-3;/h10-12,15H,4-9,13-14,22H2,1-3H3;1H. The zero-order valence-electron chi connectivity index (χ0n) is 17.5. The van der Waals surface area contributed by atoms with Crippen molar-refractivity contribution in [3.8, 4) is 11.5 Å². The SMILES string of the molecule is COc1cc(OC)cc(C(=O)N2CCC(C(=O)N3CCC(C)(CN)C3)CC2)c1.Cl. The number of rotatable bonds is 5. The quantitative estimate of drug-likeness (QED) is 0.781. The normalized spacial score (nSPS) is 22.2. The fourth-order valence-corrected chi connectivity index (χ4v) is 4.08. The Balaban J connectivity index is 0.00000300. The van der Waals surface area contributed by atoms with Gasteiger partial charge in [0.15, 0.2) is 0 Å². The molecular weight excluding hydrogens is 394 g/mol. The molecule has 1 aromatic carbocycles. The molecular formula is C21H32ClN3O4. The molecule has 0 saturated carbocycles. The van der Waals surface area contributed by atoms with E-state index < -0.39 is 0 Å². The lowest BCUT2D eigenvalue weighted by Crippen LogP contribution is -2.44. The van der Waals surface area contributed by atoms with Crippen molar-refractivity contribution in [3.63, 3.8) is 0 Å². The lowest BCUT2D eigenvalue weighted by Gasteiger charge is -2.33. The summed E-state index contributed by atoms with van der Waals surface area (Å²) in [6.07, 6.45) is 2.35. The van der Waals surface area contributed by atoms with Gasteiger partial charge in [-0.2, -0.15) is 0 Å². The van der Waals surface area contributed by atoms with Crippen LogP contribution in [0, 0.1) is 11.3 Å². The van der Waals surface area contributed by atoms with Crippen LogP contribution >= 0.6 is 12.4 Å². The molecule has 3 rings (SSSR count). The summed E-state index contributed by atoms with van der Waals surface area (Å²) >= 11 is 0. The van der Waals surface area contributed by atoms with E-state index in [9.17, 15) is 9.59 Å². The van der Waals surface area contributed by atoms with Crippen LogP contribution in [0.5, 0.6) is 11.5 Å². The molecule has 2 amide bonds. The Hall–Kier alpha value is -1.99. The first-order valence-corrected chi connectivity index (χ1v) is 9.90. The molecule has 0 aliphatic carbocycles. The molecule has 0 aromatic heterocycles. The summed E-state index contributed by atoms with van der Waals surface area (Å²) in [5, 5.41) is 0. The van der Waals surface area contributed by atoms with Crippen LogP contribution in [0.25, 0.3) is 0 Å². The van der Waals surface area contributed by atoms with Gasteiger partial charge in [0.05, 0.1) is 14.2 Å². The third-order valence-electron chi connectivity index (χ3n) is 6.09. The Bertz CT molecular complexity index is 714. The van der Waals surface area contributed by atoms with Crippen molar-refractivity contribution in [2.75, 3.05) is 46.9 Å². The van der Waals surface area contributed by atoms with Gasteiger partial charge in [0, 0.05) is 43.7 Å². The summed E-state index contributed by atoms with van der Waals surface area (Å²) in [4.78, 5) is 29.5. The highest BCUT2D eigenvalue weighted by atomic mass is 35.5. The fourth-order valence-electron chi connectivity index (χ4n) is 4.08. The van der Waals surface area contributed by atoms with E-state index in [0.717, 1.165) is 19.5 Å². The molecule has 0 bridgehead atoms. The molecule has 2 fully saturated rings. The number of likely N-dealkylation sites (tertiary alicyclic amines) is 2. The first-order valence-electron chi connectivity index (χ1n) is 9.90. The first-order chi connectivity index (χ1) is 13.4. The predicted octanol–water partition coefficient (Wildman–Crippen LogP) is 2.18. The van der Waals surface area contributed by atoms with Gasteiger partial charge in [-0.3, -0.25) is 9.59 Å². The number of ether oxygens (including phenoxy) is 2. The lowest BCUT2D eigenvalue weighted by molar-refractivity contribution is -0.136. The van der Waals surface area contributed by atoms with E-state index in [2.05, 4.69) is 6.92 Å². The van der Waals surface area contributed by atoms with Crippen LogP contribution in [0.2, 0.25) is 0 Å². The molecule has 29 heavy (non-hydrogen) atoms. The monoisotopic (exact) mass is 425 g/mol. The number of halogens is 1. The van der Waals surface area contributed by atoms with Crippen LogP contribution in [-0.4, -0.2) is 68.6 Å². The number of piperidine rings is 1. The minimum Gasteiger partial charge on any atom is -0.497 e. The van der Waals surface area contributed by atoms with Gasteiger partial charge in [-0.15, -0.1) is 12.4 Å². The second kappa shape index (κ2) is 9.67. The molecule has 2 aliphatic rings. The molecule has 1 unspecified atom stereocenters. The Labute approximate surface area is 178 Å². The molecule has 1 atom stereocenters. The smallest absolute Gasteiger partial charge is 0.254 e. The maximum absolute atomic E-state index is 12.9. The zero-order valence-corrected chi connectivity index (χ0v) is 18.3. The van der Waals surface area contributed by atoms with Crippen molar-refractivity contribution in [1.29, 1.82) is 0 Å². The molecule has 1 aromatic rings. The summed E-state index contributed by atoms with van der Waals surface area (Å²) in [7, 11) is 3.13. The number of hydrogen-bond acceptors (Lipinski definition) is 5. The molecule has 2 N–H and O–H groups in total. The second-order valence-corrected chi connectivity index (χ2v) is 8.19. The maximum Gasteiger partial charge on any atom is 0.254 e. The number of benzene rings is 1. The summed E-state index contributed by atoms with van der Waals surface area (Å²) in [5.74, 6) is 1.32. The maximum atomic E-state index is 12.9. The third-order valence-corrected chi connectivity index (χ3v) is 6.09. The average Bonchev–Trinajstić information content (AvgIpc) is 3.15. The number of nitrogens with zero attached hydrogens (tertiary/aromatic N) is 2. The Kier molecular flexibility index (Phi) is 7.77. The number of hydrogen-bond donors (Lipinski definition) is 1. The number of carbonyl (C=O) groups excluding carboxylic acids is 2. The average molecular weight is 426 g/mol. The van der Waals surface area contributed by atoms with E-state index in [4.69, 9.17) is 15.2 Å². The van der Waals surface area contributed by atoms with Gasteiger partial charge in [0.1, 0.15) is 11.5 Å². The Morgan fingerprint density at radius 2 is 1.66 bits per heavy atom. The van der Waals surface area contributed by atoms with Crippen LogP contribution in [0.1, 0.15) is 36.5 Å². The Morgan fingerprint density at radius 1 is 1.07 bits per heavy atom. The van der Waals surface area contributed by atoms with Crippen molar-refractivity contribution in [2.24, 2.45) is 17.1 Å². The highest BCUT2D eigenvalue weighted by molar-refractivity contribution is 5.95. The zero-order chi connectivity index (χ0) is 20.3. The lowest BCUT2D eigenvalue weighted by atomic mass is 9.90. The number of nitrogens with two attached hydrogens (primary N) is 1. The van der Waals surface area contributed by atoms with Gasteiger partial charge in [-0.05, 0) is 43.4 Å². The highest BCUT2D eigenvalue weighted by Gasteiger charge is 2.38. The van der Waals surface area contributed by atoms with Gasteiger partial charge in [0.25, 0.3) is 5.91 Å². The molecule has 8 heteroatoms. The fraction of sp³-hybridized carbons (Fsp3) is 0.619. The van der Waals surface area contributed by atoms with Crippen molar-refractivity contribution in [3.05, 3.63) is 23.8 Å². The topological polar surface area (TPSA) is 85.1 Å². The molecule has 0 spiro atoms. The van der Waals surface area contributed by atoms with E-state index in [0.29, 0.717) is 49.5 Å². The van der Waals surface area contributed by atoms with Gasteiger partial charge in [-0.1, -0.05) is 6.92 Å². The molecule has 7 nitrogen and oxygen atoms in total. The molecule has 0 radical (unpaired) electrons. The highest BCUT2D eigenvalue weighted by Crippen LogP contribution is 2.31. The Morgan fingerprint density at radius 3 is 2.14 bits per heavy atom. The van der Waals surface area contributed by atoms with Gasteiger partial charge < -0.3 is 25.0 Å². The number of carbonyl (C=O) groups is 2. The van der Waals surface area contributed by atoms with Crippen LogP contribution in [0.15, 0.2) is 18.2 Å². The molecule has 2 aliphatic heterocycles. The van der Waals surface area contributed by atoms with Crippen molar-refractivity contribution >= 4 is 24.2 Å². The molecule has 162 valence electrons. The minimum atomic E-state index is -0.0556. The van der Waals surface area contributed by atoms with E-state index in [-0.39, 0.29) is 35.6 Å². The summed E-state index contributed by atoms with van der Waals surface area (Å²) in [5.41, 5.74) is 6.44. The summed E-state index contributed by atoms with van der Waals surface area (Å²) in [6, 6.07) is 5.19. The summed E-state index contributed by atoms with van der Waals surface area (Å²) < 4.78 is 10.5. The van der Waals surface area contributed by atoms with E-state index in [1.807, 2.05) is 9.80 Å². The first kappa shape index (κ1) is 23.3. The van der Waals surface area contributed by atoms with Gasteiger partial charge in [-0.25, -0.2) is 0 Å². The van der Waals surface area contributed by atoms with E-state index in [1.54, 1.807) is 32.4 Å². The van der Waals surface area contributed by atoms with Crippen LogP contribution in [-0.2, 0) is 4.79 Å². The van der Waals surface area contributed by atoms with Crippen molar-refractivity contribution in [2.45, 2.75) is 26.2 Å².